The van der Waals surface area contributed by atoms with Gasteiger partial charge >= 0.3 is 0 Å². The van der Waals surface area contributed by atoms with Gasteiger partial charge in [0, 0.05) is 24.8 Å². The van der Waals surface area contributed by atoms with E-state index in [1.165, 1.54) is 30.5 Å². The molecule has 2 nitrogen and oxygen atoms in total. The van der Waals surface area contributed by atoms with Crippen molar-refractivity contribution in [1.29, 1.82) is 0 Å². The molecule has 0 bridgehead atoms. The lowest BCUT2D eigenvalue weighted by molar-refractivity contribution is 0.470. The van der Waals surface area contributed by atoms with Crippen LogP contribution in [0.5, 0.6) is 0 Å². The average Bonchev–Trinajstić information content (AvgIpc) is 2.43. The molecule has 108 valence electrons. The Morgan fingerprint density at radius 1 is 1.11 bits per heavy atom. The molecule has 0 aliphatic heterocycles. The highest BCUT2D eigenvalue weighted by molar-refractivity contribution is 5.52. The standard InChI is InChI=1S/C17H30N2/c1-5-10-16(18-13-6-2)14-19(7-3)17-12-9-8-11-15(17)4/h8-9,11-12,16,18H,5-7,10,13-14H2,1-4H3. The summed E-state index contributed by atoms with van der Waals surface area (Å²) in [6.07, 6.45) is 3.70. The molecule has 1 aromatic rings. The Hall–Kier alpha value is -1.02. The van der Waals surface area contributed by atoms with E-state index >= 15 is 0 Å². The maximum atomic E-state index is 3.68. The topological polar surface area (TPSA) is 15.3 Å². The van der Waals surface area contributed by atoms with Crippen LogP contribution in [0.25, 0.3) is 0 Å². The smallest absolute Gasteiger partial charge is 0.0396 e. The first-order valence-corrected chi connectivity index (χ1v) is 7.76. The Kier molecular flexibility index (Phi) is 7.57. The average molecular weight is 262 g/mol. The van der Waals surface area contributed by atoms with E-state index in [1.807, 2.05) is 0 Å². The molecule has 1 rings (SSSR count). The number of benzene rings is 1. The number of nitrogens with zero attached hydrogens (tertiary/aromatic N) is 1. The van der Waals surface area contributed by atoms with Gasteiger partial charge in [0.2, 0.25) is 0 Å². The fraction of sp³-hybridized carbons (Fsp3) is 0.647. The van der Waals surface area contributed by atoms with Crippen LogP contribution in [0.1, 0.15) is 45.6 Å². The van der Waals surface area contributed by atoms with Gasteiger partial charge in [-0.15, -0.1) is 0 Å². The van der Waals surface area contributed by atoms with Crippen molar-refractivity contribution in [2.75, 3.05) is 24.5 Å². The second kappa shape index (κ2) is 8.98. The molecule has 19 heavy (non-hydrogen) atoms. The summed E-state index contributed by atoms with van der Waals surface area (Å²) in [4.78, 5) is 2.50. The molecule has 0 spiro atoms. The molecular weight excluding hydrogens is 232 g/mol. The maximum Gasteiger partial charge on any atom is 0.0396 e. The highest BCUT2D eigenvalue weighted by Crippen LogP contribution is 2.19. The van der Waals surface area contributed by atoms with Gasteiger partial charge < -0.3 is 10.2 Å². The van der Waals surface area contributed by atoms with Crippen molar-refractivity contribution in [3.63, 3.8) is 0 Å². The summed E-state index contributed by atoms with van der Waals surface area (Å²) in [5, 5.41) is 3.68. The number of hydrogen-bond donors (Lipinski definition) is 1. The molecule has 0 saturated heterocycles. The van der Waals surface area contributed by atoms with Crippen LogP contribution in [0, 0.1) is 6.92 Å². The first-order chi connectivity index (χ1) is 9.22. The first kappa shape index (κ1) is 16.0. The number of hydrogen-bond acceptors (Lipinski definition) is 2. The third kappa shape index (κ3) is 5.23. The Morgan fingerprint density at radius 3 is 2.42 bits per heavy atom. The van der Waals surface area contributed by atoms with Crippen molar-refractivity contribution >= 4 is 5.69 Å². The maximum absolute atomic E-state index is 3.68. The van der Waals surface area contributed by atoms with Crippen LogP contribution in [-0.2, 0) is 0 Å². The summed E-state index contributed by atoms with van der Waals surface area (Å²) < 4.78 is 0. The minimum absolute atomic E-state index is 0.601. The molecule has 0 aliphatic carbocycles. The summed E-state index contributed by atoms with van der Waals surface area (Å²) in [5.41, 5.74) is 2.75. The lowest BCUT2D eigenvalue weighted by Gasteiger charge is -2.30. The van der Waals surface area contributed by atoms with Crippen molar-refractivity contribution in [1.82, 2.24) is 5.32 Å². The fourth-order valence-corrected chi connectivity index (χ4v) is 2.54. The van der Waals surface area contributed by atoms with E-state index < -0.39 is 0 Å². The van der Waals surface area contributed by atoms with E-state index in [9.17, 15) is 0 Å². The Morgan fingerprint density at radius 2 is 1.84 bits per heavy atom. The summed E-state index contributed by atoms with van der Waals surface area (Å²) >= 11 is 0. The van der Waals surface area contributed by atoms with E-state index in [1.54, 1.807) is 0 Å². The minimum atomic E-state index is 0.601. The van der Waals surface area contributed by atoms with Gasteiger partial charge in [-0.05, 0) is 44.9 Å². The SMILES string of the molecule is CCCNC(CCC)CN(CC)c1ccccc1C. The van der Waals surface area contributed by atoms with Gasteiger partial charge in [-0.25, -0.2) is 0 Å². The molecule has 1 aromatic carbocycles. The predicted molar refractivity (Wildman–Crippen MR) is 86.1 cm³/mol. The summed E-state index contributed by atoms with van der Waals surface area (Å²) in [5.74, 6) is 0. The molecule has 0 amide bonds. The zero-order valence-electron chi connectivity index (χ0n) is 13.1. The van der Waals surface area contributed by atoms with Gasteiger partial charge in [0.1, 0.15) is 0 Å². The lowest BCUT2D eigenvalue weighted by atomic mass is 10.1. The third-order valence-corrected chi connectivity index (χ3v) is 3.60. The largest absolute Gasteiger partial charge is 0.370 e. The molecule has 0 aliphatic rings. The number of aryl methyl sites for hydroxylation is 1. The molecule has 2 heteroatoms. The van der Waals surface area contributed by atoms with Gasteiger partial charge in [-0.1, -0.05) is 38.5 Å². The molecule has 0 radical (unpaired) electrons. The zero-order valence-corrected chi connectivity index (χ0v) is 13.1. The number of likely N-dealkylation sites (N-methyl/N-ethyl adjacent to an activating group) is 1. The molecule has 0 aromatic heterocycles. The van der Waals surface area contributed by atoms with Crippen LogP contribution < -0.4 is 10.2 Å². The predicted octanol–water partition coefficient (Wildman–Crippen LogP) is 3.99. The normalized spacial score (nSPS) is 12.4. The third-order valence-electron chi connectivity index (χ3n) is 3.60. The van der Waals surface area contributed by atoms with Crippen molar-refractivity contribution < 1.29 is 0 Å². The quantitative estimate of drug-likeness (QED) is 0.724. The van der Waals surface area contributed by atoms with Crippen molar-refractivity contribution in [3.05, 3.63) is 29.8 Å². The van der Waals surface area contributed by atoms with Gasteiger partial charge in [0.25, 0.3) is 0 Å². The van der Waals surface area contributed by atoms with Gasteiger partial charge in [-0.2, -0.15) is 0 Å². The van der Waals surface area contributed by atoms with E-state index in [4.69, 9.17) is 0 Å². The van der Waals surface area contributed by atoms with Crippen molar-refractivity contribution in [2.45, 2.75) is 53.0 Å². The highest BCUT2D eigenvalue weighted by atomic mass is 15.2. The molecular formula is C17H30N2. The monoisotopic (exact) mass is 262 g/mol. The van der Waals surface area contributed by atoms with Crippen LogP contribution in [0.4, 0.5) is 5.69 Å². The Balaban J connectivity index is 2.70. The number of rotatable bonds is 9. The van der Waals surface area contributed by atoms with Crippen LogP contribution in [-0.4, -0.2) is 25.7 Å². The summed E-state index contributed by atoms with van der Waals surface area (Å²) in [7, 11) is 0. The Bertz CT molecular complexity index is 349. The highest BCUT2D eigenvalue weighted by Gasteiger charge is 2.13. The van der Waals surface area contributed by atoms with Crippen molar-refractivity contribution in [3.8, 4) is 0 Å². The Labute approximate surface area is 119 Å². The first-order valence-electron chi connectivity index (χ1n) is 7.76. The fourth-order valence-electron chi connectivity index (χ4n) is 2.54. The van der Waals surface area contributed by atoms with Gasteiger partial charge in [0.05, 0.1) is 0 Å². The number of nitrogens with one attached hydrogen (secondary N) is 1. The van der Waals surface area contributed by atoms with Gasteiger partial charge in [0.15, 0.2) is 0 Å². The van der Waals surface area contributed by atoms with Crippen LogP contribution in [0.15, 0.2) is 24.3 Å². The molecule has 0 fully saturated rings. The van der Waals surface area contributed by atoms with Crippen molar-refractivity contribution in [2.24, 2.45) is 0 Å². The van der Waals surface area contributed by atoms with Crippen LogP contribution in [0.2, 0.25) is 0 Å². The second-order valence-electron chi connectivity index (χ2n) is 5.26. The van der Waals surface area contributed by atoms with E-state index in [-0.39, 0.29) is 0 Å². The van der Waals surface area contributed by atoms with E-state index in [0.29, 0.717) is 6.04 Å². The summed E-state index contributed by atoms with van der Waals surface area (Å²) in [6.45, 7) is 12.2. The van der Waals surface area contributed by atoms with Crippen LogP contribution in [0.3, 0.4) is 0 Å². The molecule has 1 unspecified atom stereocenters. The van der Waals surface area contributed by atoms with Crippen LogP contribution >= 0.6 is 0 Å². The summed E-state index contributed by atoms with van der Waals surface area (Å²) in [6, 6.07) is 9.29. The second-order valence-corrected chi connectivity index (χ2v) is 5.26. The van der Waals surface area contributed by atoms with E-state index in [2.05, 4.69) is 62.2 Å². The molecule has 0 heterocycles. The molecule has 0 saturated carbocycles. The molecule has 1 atom stereocenters. The minimum Gasteiger partial charge on any atom is -0.370 e. The van der Waals surface area contributed by atoms with E-state index in [0.717, 1.165) is 19.6 Å². The lowest BCUT2D eigenvalue weighted by Crippen LogP contribution is -2.41. The van der Waals surface area contributed by atoms with Gasteiger partial charge in [-0.3, -0.25) is 0 Å². The molecule has 1 N–H and O–H groups in total. The zero-order chi connectivity index (χ0) is 14.1. The number of anilines is 1. The number of para-hydroxylation sites is 1.